The summed E-state index contributed by atoms with van der Waals surface area (Å²) >= 11 is 11.9. The van der Waals surface area contributed by atoms with Crippen LogP contribution in [0.5, 0.6) is 0 Å². The normalized spacial score (nSPS) is 11.4. The van der Waals surface area contributed by atoms with Crippen LogP contribution in [0.15, 0.2) is 42.5 Å². The minimum absolute atomic E-state index is 0.198. The third-order valence-corrected chi connectivity index (χ3v) is 4.10. The minimum Gasteiger partial charge on any atom is -0.449 e. The molecule has 2 amide bonds. The average Bonchev–Trinajstić information content (AvgIpc) is 2.58. The molecule has 2 N–H and O–H groups in total. The molecule has 26 heavy (non-hydrogen) atoms. The molecule has 0 fully saturated rings. The highest BCUT2D eigenvalue weighted by molar-refractivity contribution is 6.44. The summed E-state index contributed by atoms with van der Waals surface area (Å²) in [7, 11) is 0. The molecule has 2 aromatic carbocycles. The van der Waals surface area contributed by atoms with Crippen molar-refractivity contribution in [2.45, 2.75) is 20.0 Å². The molecule has 0 saturated heterocycles. The topological polar surface area (TPSA) is 84.5 Å². The quantitative estimate of drug-likeness (QED) is 0.746. The maximum absolute atomic E-state index is 12.2. The summed E-state index contributed by atoms with van der Waals surface area (Å²) in [4.78, 5) is 35.5. The van der Waals surface area contributed by atoms with E-state index in [1.807, 2.05) is 0 Å². The third kappa shape index (κ3) is 5.21. The van der Waals surface area contributed by atoms with Gasteiger partial charge in [0.2, 0.25) is 5.91 Å². The van der Waals surface area contributed by atoms with Crippen LogP contribution >= 0.6 is 23.2 Å². The first kappa shape index (κ1) is 19.8. The molecule has 0 aliphatic carbocycles. The zero-order chi connectivity index (χ0) is 19.3. The van der Waals surface area contributed by atoms with Crippen LogP contribution < -0.4 is 10.6 Å². The van der Waals surface area contributed by atoms with Gasteiger partial charge in [0.15, 0.2) is 6.10 Å². The van der Waals surface area contributed by atoms with Gasteiger partial charge in [0.05, 0.1) is 21.3 Å². The van der Waals surface area contributed by atoms with Crippen LogP contribution in [0.25, 0.3) is 0 Å². The lowest BCUT2D eigenvalue weighted by Gasteiger charge is -2.15. The number of anilines is 2. The van der Waals surface area contributed by atoms with Gasteiger partial charge in [0.1, 0.15) is 0 Å². The summed E-state index contributed by atoms with van der Waals surface area (Å²) in [5.74, 6) is -1.51. The van der Waals surface area contributed by atoms with Gasteiger partial charge in [-0.25, -0.2) is 4.79 Å². The number of ether oxygens (including phenoxy) is 1. The van der Waals surface area contributed by atoms with Crippen molar-refractivity contribution in [1.82, 2.24) is 0 Å². The van der Waals surface area contributed by atoms with E-state index in [1.54, 1.807) is 30.3 Å². The van der Waals surface area contributed by atoms with E-state index in [4.69, 9.17) is 27.9 Å². The van der Waals surface area contributed by atoms with Gasteiger partial charge in [-0.05, 0) is 37.3 Å². The standard InChI is InChI=1S/C18H16Cl2N2O4/c1-10(17(24)22-15-8-4-7-14(19)16(15)20)26-18(25)12-5-3-6-13(9-12)21-11(2)23/h3-10H,1-2H3,(H,21,23)(H,22,24)/t10-/m0/s1. The SMILES string of the molecule is CC(=O)Nc1cccc(C(=O)O[C@@H](C)C(=O)Nc2cccc(Cl)c2Cl)c1. The van der Waals surface area contributed by atoms with E-state index < -0.39 is 18.0 Å². The smallest absolute Gasteiger partial charge is 0.338 e. The number of hydrogen-bond acceptors (Lipinski definition) is 4. The molecule has 0 bridgehead atoms. The first-order chi connectivity index (χ1) is 12.3. The van der Waals surface area contributed by atoms with E-state index in [9.17, 15) is 14.4 Å². The molecule has 0 spiro atoms. The largest absolute Gasteiger partial charge is 0.449 e. The fourth-order valence-corrected chi connectivity index (χ4v) is 2.39. The van der Waals surface area contributed by atoms with Gasteiger partial charge in [0.25, 0.3) is 5.91 Å². The van der Waals surface area contributed by atoms with Gasteiger partial charge in [-0.15, -0.1) is 0 Å². The summed E-state index contributed by atoms with van der Waals surface area (Å²) < 4.78 is 5.16. The fraction of sp³-hybridized carbons (Fsp3) is 0.167. The maximum atomic E-state index is 12.2. The van der Waals surface area contributed by atoms with Gasteiger partial charge < -0.3 is 15.4 Å². The molecule has 0 heterocycles. The first-order valence-corrected chi connectivity index (χ1v) is 8.37. The number of amides is 2. The summed E-state index contributed by atoms with van der Waals surface area (Å²) in [6.45, 7) is 2.79. The second-order valence-corrected chi connectivity index (χ2v) is 6.19. The molecule has 1 atom stereocenters. The van der Waals surface area contributed by atoms with Crippen molar-refractivity contribution in [1.29, 1.82) is 0 Å². The molecule has 8 heteroatoms. The number of halogens is 2. The molecule has 0 aliphatic heterocycles. The Labute approximate surface area is 160 Å². The predicted octanol–water partition coefficient (Wildman–Crippen LogP) is 4.14. The summed E-state index contributed by atoms with van der Waals surface area (Å²) in [5, 5.41) is 5.62. The van der Waals surface area contributed by atoms with Crippen molar-refractivity contribution in [2.75, 3.05) is 10.6 Å². The first-order valence-electron chi connectivity index (χ1n) is 7.61. The van der Waals surface area contributed by atoms with E-state index in [2.05, 4.69) is 10.6 Å². The number of rotatable bonds is 5. The molecule has 2 rings (SSSR count). The molecule has 0 saturated carbocycles. The molecule has 6 nitrogen and oxygen atoms in total. The highest BCUT2D eigenvalue weighted by atomic mass is 35.5. The van der Waals surface area contributed by atoms with Crippen LogP contribution in [-0.2, 0) is 14.3 Å². The number of carbonyl (C=O) groups excluding carboxylic acids is 3. The van der Waals surface area contributed by atoms with Crippen LogP contribution in [0.4, 0.5) is 11.4 Å². The molecule has 0 aromatic heterocycles. The monoisotopic (exact) mass is 394 g/mol. The Balaban J connectivity index is 2.03. The Bertz CT molecular complexity index is 855. The lowest BCUT2D eigenvalue weighted by Crippen LogP contribution is -2.30. The molecule has 0 radical (unpaired) electrons. The predicted molar refractivity (Wildman–Crippen MR) is 101 cm³/mol. The molecular weight excluding hydrogens is 379 g/mol. The van der Waals surface area contributed by atoms with E-state index >= 15 is 0 Å². The van der Waals surface area contributed by atoms with Crippen LogP contribution in [0.3, 0.4) is 0 Å². The van der Waals surface area contributed by atoms with E-state index in [1.165, 1.54) is 26.0 Å². The van der Waals surface area contributed by atoms with Crippen molar-refractivity contribution in [2.24, 2.45) is 0 Å². The minimum atomic E-state index is -1.07. The van der Waals surface area contributed by atoms with Gasteiger partial charge >= 0.3 is 5.97 Å². The number of esters is 1. The summed E-state index contributed by atoms with van der Waals surface area (Å²) in [6, 6.07) is 11.0. The lowest BCUT2D eigenvalue weighted by molar-refractivity contribution is -0.123. The van der Waals surface area contributed by atoms with Crippen molar-refractivity contribution < 1.29 is 19.1 Å². The highest BCUT2D eigenvalue weighted by Crippen LogP contribution is 2.29. The van der Waals surface area contributed by atoms with E-state index in [-0.39, 0.29) is 16.5 Å². The van der Waals surface area contributed by atoms with Gasteiger partial charge in [-0.1, -0.05) is 35.3 Å². The van der Waals surface area contributed by atoms with Crippen molar-refractivity contribution in [3.63, 3.8) is 0 Å². The number of benzene rings is 2. The average molecular weight is 395 g/mol. The second-order valence-electron chi connectivity index (χ2n) is 5.40. The van der Waals surface area contributed by atoms with Gasteiger partial charge in [-0.2, -0.15) is 0 Å². The van der Waals surface area contributed by atoms with Crippen LogP contribution in [-0.4, -0.2) is 23.9 Å². The molecule has 2 aromatic rings. The van der Waals surface area contributed by atoms with Crippen molar-refractivity contribution in [3.8, 4) is 0 Å². The Morgan fingerprint density at radius 2 is 1.73 bits per heavy atom. The molecule has 0 unspecified atom stereocenters. The van der Waals surface area contributed by atoms with Crippen LogP contribution in [0.1, 0.15) is 24.2 Å². The Hall–Kier alpha value is -2.57. The number of nitrogens with one attached hydrogen (secondary N) is 2. The molecule has 0 aliphatic rings. The van der Waals surface area contributed by atoms with Gasteiger partial charge in [0, 0.05) is 12.6 Å². The van der Waals surface area contributed by atoms with Crippen LogP contribution in [0.2, 0.25) is 10.0 Å². The number of hydrogen-bond donors (Lipinski definition) is 2. The van der Waals surface area contributed by atoms with Crippen molar-refractivity contribution >= 4 is 52.4 Å². The Morgan fingerprint density at radius 1 is 1.04 bits per heavy atom. The zero-order valence-electron chi connectivity index (χ0n) is 14.0. The highest BCUT2D eigenvalue weighted by Gasteiger charge is 2.20. The Kier molecular flexibility index (Phi) is 6.60. The van der Waals surface area contributed by atoms with Crippen molar-refractivity contribution in [3.05, 3.63) is 58.1 Å². The summed E-state index contributed by atoms with van der Waals surface area (Å²) in [5.41, 5.74) is 0.978. The maximum Gasteiger partial charge on any atom is 0.338 e. The molecular formula is C18H16Cl2N2O4. The summed E-state index contributed by atoms with van der Waals surface area (Å²) in [6.07, 6.45) is -1.07. The van der Waals surface area contributed by atoms with E-state index in [0.29, 0.717) is 16.4 Å². The van der Waals surface area contributed by atoms with Crippen LogP contribution in [0, 0.1) is 0 Å². The zero-order valence-corrected chi connectivity index (χ0v) is 15.5. The second kappa shape index (κ2) is 8.69. The Morgan fingerprint density at radius 3 is 2.42 bits per heavy atom. The fourth-order valence-electron chi connectivity index (χ4n) is 2.04. The number of carbonyl (C=O) groups is 3. The molecule has 136 valence electrons. The van der Waals surface area contributed by atoms with Gasteiger partial charge in [-0.3, -0.25) is 9.59 Å². The lowest BCUT2D eigenvalue weighted by atomic mass is 10.2. The third-order valence-electron chi connectivity index (χ3n) is 3.28. The van der Waals surface area contributed by atoms with E-state index in [0.717, 1.165) is 0 Å².